The van der Waals surface area contributed by atoms with Crippen LogP contribution in [0.3, 0.4) is 0 Å². The molecule has 6 N–H and O–H groups in total. The van der Waals surface area contributed by atoms with Crippen LogP contribution in [0.1, 0.15) is 31.3 Å². The van der Waals surface area contributed by atoms with Crippen LogP contribution < -0.4 is 0 Å². The third kappa shape index (κ3) is 15.9. The number of rotatable bonds is 9. The molecule has 4 rings (SSSR count). The Hall–Kier alpha value is -5.49. The number of hydrogen-bond donors (Lipinski definition) is 6. The van der Waals surface area contributed by atoms with Gasteiger partial charge in [0.25, 0.3) is 0 Å². The number of aromatic nitrogens is 4. The van der Waals surface area contributed by atoms with Gasteiger partial charge < -0.3 is 44.8 Å². The number of piperidine rings is 1. The molecule has 0 aromatic carbocycles. The highest BCUT2D eigenvalue weighted by molar-refractivity contribution is 6.28. The summed E-state index contributed by atoms with van der Waals surface area (Å²) in [7, 11) is 0. The van der Waals surface area contributed by atoms with E-state index in [0.29, 0.717) is 12.5 Å². The van der Waals surface area contributed by atoms with Crippen molar-refractivity contribution < 1.29 is 64.1 Å². The maximum Gasteiger partial charge on any atom is 0.414 e. The van der Waals surface area contributed by atoms with Gasteiger partial charge in [0.1, 0.15) is 11.3 Å². The second-order valence-electron chi connectivity index (χ2n) is 9.61. The highest BCUT2D eigenvalue weighted by Crippen LogP contribution is 2.23. The Labute approximate surface area is 267 Å². The Morgan fingerprint density at radius 3 is 1.81 bits per heavy atom. The average Bonchev–Trinajstić information content (AvgIpc) is 3.38. The molecule has 0 amide bonds. The Balaban J connectivity index is 0.000000504. The smallest absolute Gasteiger partial charge is 0.414 e. The van der Waals surface area contributed by atoms with E-state index >= 15 is 0 Å². The second-order valence-corrected chi connectivity index (χ2v) is 9.61. The summed E-state index contributed by atoms with van der Waals surface area (Å²) in [6.07, 6.45) is 8.24. The fourth-order valence-corrected chi connectivity index (χ4v) is 4.19. The van der Waals surface area contributed by atoms with Gasteiger partial charge in [-0.3, -0.25) is 4.98 Å². The summed E-state index contributed by atoms with van der Waals surface area (Å²) in [5, 5.41) is 44.3. The van der Waals surface area contributed by atoms with Gasteiger partial charge in [-0.05, 0) is 63.0 Å². The van der Waals surface area contributed by atoms with Crippen LogP contribution in [0, 0.1) is 5.92 Å². The molecule has 0 radical (unpaired) electrons. The van der Waals surface area contributed by atoms with E-state index in [2.05, 4.69) is 37.6 Å². The first-order chi connectivity index (χ1) is 22.3. The third-order valence-electron chi connectivity index (χ3n) is 6.38. The lowest BCUT2D eigenvalue weighted by atomic mass is 9.93. The van der Waals surface area contributed by atoms with Crippen molar-refractivity contribution in [1.82, 2.24) is 24.4 Å². The predicted molar refractivity (Wildman–Crippen MR) is 161 cm³/mol. The van der Waals surface area contributed by atoms with Crippen LogP contribution in [0.5, 0.6) is 0 Å². The van der Waals surface area contributed by atoms with Crippen molar-refractivity contribution in [2.75, 3.05) is 32.8 Å². The summed E-state index contributed by atoms with van der Waals surface area (Å²) in [5.74, 6) is -9.10. The van der Waals surface area contributed by atoms with Gasteiger partial charge in [-0.1, -0.05) is 6.07 Å². The Morgan fingerprint density at radius 2 is 1.32 bits per heavy atom. The number of carboxylic acids is 6. The molecule has 1 aliphatic rings. The van der Waals surface area contributed by atoms with Crippen molar-refractivity contribution >= 4 is 47.0 Å². The van der Waals surface area contributed by atoms with Gasteiger partial charge in [0.2, 0.25) is 0 Å². The zero-order chi connectivity index (χ0) is 35.4. The van der Waals surface area contributed by atoms with Crippen molar-refractivity contribution in [3.63, 3.8) is 0 Å². The number of hydrogen-bond acceptors (Lipinski definition) is 11. The Kier molecular flexibility index (Phi) is 17.9. The highest BCUT2D eigenvalue weighted by atomic mass is 16.5. The molecule has 1 saturated heterocycles. The predicted octanol–water partition coefficient (Wildman–Crippen LogP) is 0.827. The number of aliphatic carboxylic acids is 6. The molecule has 0 bridgehead atoms. The van der Waals surface area contributed by atoms with Gasteiger partial charge in [-0.15, -0.1) is 0 Å². The number of pyridine rings is 2. The lowest BCUT2D eigenvalue weighted by Gasteiger charge is -2.31. The molecular weight excluding hydrogens is 626 g/mol. The molecule has 0 unspecified atom stereocenters. The third-order valence-corrected chi connectivity index (χ3v) is 6.38. The molecule has 18 nitrogen and oxygen atoms in total. The first-order valence-electron chi connectivity index (χ1n) is 14.1. The topological polar surface area (TPSA) is 280 Å². The molecule has 18 heteroatoms. The summed E-state index contributed by atoms with van der Waals surface area (Å²) >= 11 is 0. The van der Waals surface area contributed by atoms with Crippen LogP contribution in [-0.2, 0) is 52.9 Å². The van der Waals surface area contributed by atoms with Crippen molar-refractivity contribution in [3.8, 4) is 0 Å². The molecule has 3 aromatic rings. The quantitative estimate of drug-likeness (QED) is 0.136. The lowest BCUT2D eigenvalue weighted by Crippen LogP contribution is -2.36. The summed E-state index contributed by atoms with van der Waals surface area (Å²) in [6, 6.07) is 10.2. The van der Waals surface area contributed by atoms with E-state index in [1.165, 1.54) is 18.5 Å². The maximum atomic E-state index is 9.10. The molecule has 1 fully saturated rings. The van der Waals surface area contributed by atoms with Crippen LogP contribution in [0.25, 0.3) is 11.2 Å². The van der Waals surface area contributed by atoms with Gasteiger partial charge in [0.15, 0.2) is 5.65 Å². The number of imidazole rings is 1. The van der Waals surface area contributed by atoms with Gasteiger partial charge >= 0.3 is 35.8 Å². The van der Waals surface area contributed by atoms with Gasteiger partial charge in [0, 0.05) is 50.6 Å². The summed E-state index contributed by atoms with van der Waals surface area (Å²) in [5.41, 5.74) is 3.16. The molecule has 4 heterocycles. The largest absolute Gasteiger partial charge is 0.473 e. The fraction of sp³-hybridized carbons (Fsp3) is 0.414. The molecular formula is C29H37N5O13. The molecule has 256 valence electrons. The minimum absolute atomic E-state index is 0.684. The Morgan fingerprint density at radius 1 is 0.766 bits per heavy atom. The van der Waals surface area contributed by atoms with Gasteiger partial charge in [-0.2, -0.15) is 0 Å². The van der Waals surface area contributed by atoms with E-state index in [1.807, 2.05) is 31.5 Å². The lowest BCUT2D eigenvalue weighted by molar-refractivity contribution is -0.159. The molecule has 3 aromatic heterocycles. The molecule has 47 heavy (non-hydrogen) atoms. The SMILES string of the molecule is CCOCCn1c(CC2CCN(CCc3ccccn3)CC2)nc2cccnc21.O=C(O)C(=O)O.O=C(O)C(=O)O.O=C(O)C(=O)O. The average molecular weight is 664 g/mol. The molecule has 0 aliphatic carbocycles. The maximum absolute atomic E-state index is 9.10. The minimum Gasteiger partial charge on any atom is -0.473 e. The van der Waals surface area contributed by atoms with Crippen LogP contribution in [0.15, 0.2) is 42.7 Å². The molecule has 0 spiro atoms. The number of carboxylic acid groups (broad SMARTS) is 6. The van der Waals surface area contributed by atoms with Crippen molar-refractivity contribution in [1.29, 1.82) is 0 Å². The fourth-order valence-electron chi connectivity index (χ4n) is 4.19. The zero-order valence-corrected chi connectivity index (χ0v) is 25.5. The summed E-state index contributed by atoms with van der Waals surface area (Å²) in [4.78, 5) is 71.1. The number of fused-ring (bicyclic) bond motifs is 1. The number of nitrogens with zero attached hydrogens (tertiary/aromatic N) is 5. The van der Waals surface area contributed by atoms with E-state index in [0.717, 1.165) is 62.6 Å². The van der Waals surface area contributed by atoms with Crippen LogP contribution in [-0.4, -0.2) is 124 Å². The van der Waals surface area contributed by atoms with Crippen molar-refractivity contribution in [2.24, 2.45) is 5.92 Å². The minimum atomic E-state index is -1.82. The van der Waals surface area contributed by atoms with Crippen molar-refractivity contribution in [2.45, 2.75) is 39.2 Å². The molecule has 1 aliphatic heterocycles. The van der Waals surface area contributed by atoms with Crippen molar-refractivity contribution in [3.05, 3.63) is 54.2 Å². The Bertz CT molecular complexity index is 1380. The van der Waals surface area contributed by atoms with E-state index in [9.17, 15) is 0 Å². The highest BCUT2D eigenvalue weighted by Gasteiger charge is 2.22. The summed E-state index contributed by atoms with van der Waals surface area (Å²) < 4.78 is 7.85. The summed E-state index contributed by atoms with van der Waals surface area (Å²) in [6.45, 7) is 7.72. The van der Waals surface area contributed by atoms with Gasteiger partial charge in [-0.25, -0.2) is 38.7 Å². The first-order valence-corrected chi connectivity index (χ1v) is 14.1. The molecule has 0 atom stereocenters. The standard InChI is InChI=1S/C23H31N5O.3C2H2O4/c1-2-29-17-16-28-22(26-21-7-5-12-25-23(21)28)18-19-8-13-27(14-9-19)15-10-20-6-3-4-11-24-20;3*3-1(4)2(5)6/h3-7,11-12,19H,2,8-10,13-18H2,1H3;3*(H,3,4)(H,5,6). The number of carbonyl (C=O) groups is 6. The van der Waals surface area contributed by atoms with E-state index in [4.69, 9.17) is 69.1 Å². The number of ether oxygens (including phenoxy) is 1. The number of likely N-dealkylation sites (tertiary alicyclic amines) is 1. The van der Waals surface area contributed by atoms with E-state index < -0.39 is 35.8 Å². The second kappa shape index (κ2) is 21.3. The first kappa shape index (κ1) is 39.5. The van der Waals surface area contributed by atoms with E-state index in [1.54, 1.807) is 0 Å². The van der Waals surface area contributed by atoms with Crippen LogP contribution >= 0.6 is 0 Å². The van der Waals surface area contributed by atoms with E-state index in [-0.39, 0.29) is 0 Å². The normalized spacial score (nSPS) is 12.6. The van der Waals surface area contributed by atoms with Crippen LogP contribution in [0.4, 0.5) is 0 Å². The van der Waals surface area contributed by atoms with Crippen LogP contribution in [0.2, 0.25) is 0 Å². The monoisotopic (exact) mass is 663 g/mol. The zero-order valence-electron chi connectivity index (χ0n) is 25.5. The van der Waals surface area contributed by atoms with Gasteiger partial charge in [0.05, 0.1) is 6.61 Å². The molecule has 0 saturated carbocycles.